The lowest BCUT2D eigenvalue weighted by atomic mass is 10.3. The summed E-state index contributed by atoms with van der Waals surface area (Å²) >= 11 is 0. The summed E-state index contributed by atoms with van der Waals surface area (Å²) in [5, 5.41) is 2.15. The monoisotopic (exact) mass is 294 g/mol. The van der Waals surface area contributed by atoms with Crippen molar-refractivity contribution in [2.24, 2.45) is 0 Å². The van der Waals surface area contributed by atoms with Crippen LogP contribution in [0, 0.1) is 0 Å². The number of anilines is 1. The van der Waals surface area contributed by atoms with Crippen LogP contribution in [-0.4, -0.2) is 33.9 Å². The third-order valence-corrected chi connectivity index (χ3v) is 4.11. The first-order valence-electron chi connectivity index (χ1n) is 5.56. The summed E-state index contributed by atoms with van der Waals surface area (Å²) in [7, 11) is -1.86. The Morgan fingerprint density at radius 1 is 1.26 bits per heavy atom. The molecule has 1 atom stereocenters. The second kappa shape index (κ2) is 6.67. The number of hydrogen-bond donors (Lipinski definition) is 2. The molecule has 19 heavy (non-hydrogen) atoms. The molecule has 0 aliphatic carbocycles. The Bertz CT molecular complexity index is 491. The Morgan fingerprint density at radius 3 is 2.32 bits per heavy atom. The molecule has 0 aromatic heterocycles. The van der Waals surface area contributed by atoms with Crippen LogP contribution in [-0.2, 0) is 10.0 Å². The van der Waals surface area contributed by atoms with Gasteiger partial charge in [0.05, 0.1) is 5.25 Å². The van der Waals surface area contributed by atoms with Gasteiger partial charge in [-0.1, -0.05) is 0 Å². The lowest BCUT2D eigenvalue weighted by Crippen LogP contribution is -2.33. The standard InChI is InChI=1S/C11H16F2N2O3S/c1-8(7-14-2)19(16,17)15-9-3-5-10(6-4-9)18-11(12)13/h3-6,8,11,14-15H,7H2,1-2H3. The Balaban J connectivity index is 2.72. The summed E-state index contributed by atoms with van der Waals surface area (Å²) in [5.74, 6) is -0.0266. The van der Waals surface area contributed by atoms with Gasteiger partial charge in [-0.3, -0.25) is 4.72 Å². The summed E-state index contributed by atoms with van der Waals surface area (Å²) < 4.78 is 54.1. The quantitative estimate of drug-likeness (QED) is 0.802. The van der Waals surface area contributed by atoms with Gasteiger partial charge in [0.15, 0.2) is 0 Å². The van der Waals surface area contributed by atoms with E-state index < -0.39 is 21.9 Å². The van der Waals surface area contributed by atoms with E-state index in [-0.39, 0.29) is 5.75 Å². The highest BCUT2D eigenvalue weighted by Gasteiger charge is 2.19. The SMILES string of the molecule is CNCC(C)S(=O)(=O)Nc1ccc(OC(F)F)cc1. The molecule has 0 saturated carbocycles. The summed E-state index contributed by atoms with van der Waals surface area (Å²) in [4.78, 5) is 0. The van der Waals surface area contributed by atoms with E-state index in [1.165, 1.54) is 24.3 Å². The van der Waals surface area contributed by atoms with Gasteiger partial charge in [-0.05, 0) is 38.2 Å². The van der Waals surface area contributed by atoms with Crippen molar-refractivity contribution >= 4 is 15.7 Å². The second-order valence-corrected chi connectivity index (χ2v) is 6.02. The minimum atomic E-state index is -3.51. The number of hydrogen-bond acceptors (Lipinski definition) is 4. The molecule has 8 heteroatoms. The Morgan fingerprint density at radius 2 is 1.84 bits per heavy atom. The van der Waals surface area contributed by atoms with Gasteiger partial charge in [0.2, 0.25) is 10.0 Å². The van der Waals surface area contributed by atoms with E-state index in [1.807, 2.05) is 0 Å². The Hall–Kier alpha value is -1.41. The third kappa shape index (κ3) is 4.99. The number of rotatable bonds is 7. The molecule has 0 heterocycles. The third-order valence-electron chi connectivity index (χ3n) is 2.36. The van der Waals surface area contributed by atoms with Gasteiger partial charge in [-0.15, -0.1) is 0 Å². The molecule has 1 aromatic rings. The molecule has 1 aromatic carbocycles. The van der Waals surface area contributed by atoms with Crippen molar-refractivity contribution in [2.45, 2.75) is 18.8 Å². The van der Waals surface area contributed by atoms with Crippen LogP contribution in [0.2, 0.25) is 0 Å². The van der Waals surface area contributed by atoms with Crippen molar-refractivity contribution in [3.8, 4) is 5.75 Å². The highest BCUT2D eigenvalue weighted by Crippen LogP contribution is 2.19. The lowest BCUT2D eigenvalue weighted by Gasteiger charge is -2.14. The number of benzene rings is 1. The molecule has 108 valence electrons. The molecule has 1 rings (SSSR count). The molecule has 1 unspecified atom stereocenters. The molecular formula is C11H16F2N2O3S. The van der Waals surface area contributed by atoms with Crippen molar-refractivity contribution < 1.29 is 21.9 Å². The fraction of sp³-hybridized carbons (Fsp3) is 0.455. The van der Waals surface area contributed by atoms with Crippen LogP contribution in [0.1, 0.15) is 6.92 Å². The fourth-order valence-electron chi connectivity index (χ4n) is 1.37. The zero-order valence-electron chi connectivity index (χ0n) is 10.6. The van der Waals surface area contributed by atoms with Crippen LogP contribution in [0.5, 0.6) is 5.75 Å². The van der Waals surface area contributed by atoms with Crippen molar-refractivity contribution in [1.82, 2.24) is 5.32 Å². The van der Waals surface area contributed by atoms with E-state index in [0.29, 0.717) is 12.2 Å². The number of alkyl halides is 2. The topological polar surface area (TPSA) is 67.4 Å². The highest BCUT2D eigenvalue weighted by molar-refractivity contribution is 7.93. The number of ether oxygens (including phenoxy) is 1. The number of nitrogens with one attached hydrogen (secondary N) is 2. The molecule has 5 nitrogen and oxygen atoms in total. The summed E-state index contributed by atoms with van der Waals surface area (Å²) in [6, 6.07) is 5.27. The molecule has 0 aliphatic heterocycles. The van der Waals surface area contributed by atoms with E-state index in [2.05, 4.69) is 14.8 Å². The molecule has 0 aliphatic rings. The van der Waals surface area contributed by atoms with E-state index in [9.17, 15) is 17.2 Å². The number of sulfonamides is 1. The van der Waals surface area contributed by atoms with Crippen LogP contribution in [0.15, 0.2) is 24.3 Å². The molecule has 2 N–H and O–H groups in total. The van der Waals surface area contributed by atoms with Gasteiger partial charge in [-0.2, -0.15) is 8.78 Å². The first-order chi connectivity index (χ1) is 8.85. The maximum Gasteiger partial charge on any atom is 0.387 e. The zero-order valence-corrected chi connectivity index (χ0v) is 11.4. The van der Waals surface area contributed by atoms with Gasteiger partial charge >= 0.3 is 6.61 Å². The predicted molar refractivity (Wildman–Crippen MR) is 69.0 cm³/mol. The van der Waals surface area contributed by atoms with Crippen molar-refractivity contribution in [3.05, 3.63) is 24.3 Å². The first kappa shape index (κ1) is 15.6. The van der Waals surface area contributed by atoms with Crippen LogP contribution in [0.4, 0.5) is 14.5 Å². The normalized spacial score (nSPS) is 13.3. The van der Waals surface area contributed by atoms with Gasteiger partial charge < -0.3 is 10.1 Å². The Kier molecular flexibility index (Phi) is 5.49. The number of halogens is 2. The summed E-state index contributed by atoms with van der Waals surface area (Å²) in [6.07, 6.45) is 0. The van der Waals surface area contributed by atoms with Gasteiger partial charge in [0.25, 0.3) is 0 Å². The van der Waals surface area contributed by atoms with Crippen LogP contribution in [0.25, 0.3) is 0 Å². The van der Waals surface area contributed by atoms with Crippen LogP contribution in [0.3, 0.4) is 0 Å². The molecule has 0 amide bonds. The fourth-order valence-corrected chi connectivity index (χ4v) is 2.42. The van der Waals surface area contributed by atoms with Crippen LogP contribution < -0.4 is 14.8 Å². The maximum absolute atomic E-state index is 11.9. The van der Waals surface area contributed by atoms with Gasteiger partial charge in [-0.25, -0.2) is 8.42 Å². The molecule has 0 spiro atoms. The van der Waals surface area contributed by atoms with E-state index in [0.717, 1.165) is 0 Å². The van der Waals surface area contributed by atoms with Crippen molar-refractivity contribution in [1.29, 1.82) is 0 Å². The molecule has 0 bridgehead atoms. The van der Waals surface area contributed by atoms with Crippen LogP contribution >= 0.6 is 0 Å². The van der Waals surface area contributed by atoms with E-state index >= 15 is 0 Å². The van der Waals surface area contributed by atoms with Gasteiger partial charge in [0.1, 0.15) is 5.75 Å². The minimum Gasteiger partial charge on any atom is -0.435 e. The van der Waals surface area contributed by atoms with Crippen molar-refractivity contribution in [3.63, 3.8) is 0 Å². The summed E-state index contributed by atoms with van der Waals surface area (Å²) in [5.41, 5.74) is 0.296. The average Bonchev–Trinajstić information content (AvgIpc) is 2.31. The van der Waals surface area contributed by atoms with Gasteiger partial charge in [0, 0.05) is 12.2 Å². The second-order valence-electron chi connectivity index (χ2n) is 3.92. The lowest BCUT2D eigenvalue weighted by molar-refractivity contribution is -0.0498. The minimum absolute atomic E-state index is 0.0266. The first-order valence-corrected chi connectivity index (χ1v) is 7.11. The molecule has 0 fully saturated rings. The summed E-state index contributed by atoms with van der Waals surface area (Å²) in [6.45, 7) is -1.03. The molecule has 0 saturated heterocycles. The Labute approximate surface area is 111 Å². The predicted octanol–water partition coefficient (Wildman–Crippen LogP) is 1.64. The smallest absolute Gasteiger partial charge is 0.387 e. The maximum atomic E-state index is 11.9. The van der Waals surface area contributed by atoms with E-state index in [4.69, 9.17) is 0 Å². The molecular weight excluding hydrogens is 278 g/mol. The van der Waals surface area contributed by atoms with Crippen molar-refractivity contribution in [2.75, 3.05) is 18.3 Å². The average molecular weight is 294 g/mol. The zero-order chi connectivity index (χ0) is 14.5. The van der Waals surface area contributed by atoms with E-state index in [1.54, 1.807) is 14.0 Å². The largest absolute Gasteiger partial charge is 0.435 e. The molecule has 0 radical (unpaired) electrons. The highest BCUT2D eigenvalue weighted by atomic mass is 32.2.